The van der Waals surface area contributed by atoms with Gasteiger partial charge in [0, 0.05) is 0 Å². The largest absolute Gasteiger partial charge is 0.493 e. The number of carbonyl (C=O) groups excluding carboxylic acids is 1. The summed E-state index contributed by atoms with van der Waals surface area (Å²) in [6, 6.07) is 5.87. The molecule has 1 aliphatic rings. The molecule has 1 saturated carbocycles. The van der Waals surface area contributed by atoms with Gasteiger partial charge in [-0.1, -0.05) is 41.5 Å². The Kier molecular flexibility index (Phi) is 4.71. The van der Waals surface area contributed by atoms with Gasteiger partial charge in [0.05, 0.1) is 24.1 Å². The van der Waals surface area contributed by atoms with Gasteiger partial charge in [0.25, 0.3) is 0 Å². The van der Waals surface area contributed by atoms with E-state index in [4.69, 9.17) is 9.47 Å². The Bertz CT molecular complexity index is 464. The molecule has 1 aromatic carbocycles. The number of benzene rings is 1. The fourth-order valence-corrected chi connectivity index (χ4v) is 3.70. The van der Waals surface area contributed by atoms with Gasteiger partial charge in [-0.15, -0.1) is 0 Å². The average molecular weight is 374 g/mol. The van der Waals surface area contributed by atoms with Crippen LogP contribution in [0, 0.1) is 0 Å². The summed E-state index contributed by atoms with van der Waals surface area (Å²) in [5, 5.41) is 0. The van der Waals surface area contributed by atoms with Gasteiger partial charge in [0.15, 0.2) is 17.3 Å². The van der Waals surface area contributed by atoms with Crippen molar-refractivity contribution in [3.05, 3.63) is 23.8 Å². The molecule has 3 nitrogen and oxygen atoms in total. The summed E-state index contributed by atoms with van der Waals surface area (Å²) in [6.07, 6.45) is 4.14. The number of ketones is 1. The van der Waals surface area contributed by atoms with E-state index >= 15 is 0 Å². The lowest BCUT2D eigenvalue weighted by Gasteiger charge is -2.28. The Labute approximate surface area is 127 Å². The molecule has 104 valence electrons. The van der Waals surface area contributed by atoms with E-state index < -0.39 is 0 Å². The topological polar surface area (TPSA) is 35.5 Å². The van der Waals surface area contributed by atoms with Crippen molar-refractivity contribution in [3.63, 3.8) is 0 Å². The minimum Gasteiger partial charge on any atom is -0.493 e. The van der Waals surface area contributed by atoms with E-state index in [-0.39, 0.29) is 5.41 Å². The molecule has 19 heavy (non-hydrogen) atoms. The van der Waals surface area contributed by atoms with Crippen molar-refractivity contribution in [2.24, 2.45) is 0 Å². The molecule has 0 saturated heterocycles. The van der Waals surface area contributed by atoms with E-state index in [0.717, 1.165) is 31.2 Å². The predicted octanol–water partition coefficient (Wildman–Crippen LogP) is 3.52. The lowest BCUT2D eigenvalue weighted by atomic mass is 9.75. The van der Waals surface area contributed by atoms with Crippen LogP contribution in [0.5, 0.6) is 11.5 Å². The van der Waals surface area contributed by atoms with E-state index in [1.54, 1.807) is 14.2 Å². The number of hydrogen-bond acceptors (Lipinski definition) is 3. The number of methoxy groups -OCH3 is 2. The number of alkyl halides is 1. The number of carbonyl (C=O) groups is 1. The molecule has 4 heteroatoms. The summed E-state index contributed by atoms with van der Waals surface area (Å²) in [6.45, 7) is 0. The molecular weight excluding hydrogens is 355 g/mol. The Balaban J connectivity index is 2.46. The highest BCUT2D eigenvalue weighted by atomic mass is 127. The van der Waals surface area contributed by atoms with Crippen LogP contribution in [0.3, 0.4) is 0 Å². The fraction of sp³-hybridized carbons (Fsp3) is 0.533. The standard InChI is InChI=1S/C15H19IO3/c1-18-12-6-5-11(9-13(12)19-2)15(14(17)10-16)7-3-4-8-15/h5-6,9H,3-4,7-8,10H2,1-2H3. The van der Waals surface area contributed by atoms with Gasteiger partial charge in [-0.25, -0.2) is 0 Å². The van der Waals surface area contributed by atoms with Crippen molar-refractivity contribution in [1.29, 1.82) is 0 Å². The molecule has 0 aromatic heterocycles. The number of hydrogen-bond donors (Lipinski definition) is 0. The molecular formula is C15H19IO3. The van der Waals surface area contributed by atoms with Crippen LogP contribution >= 0.6 is 22.6 Å². The lowest BCUT2D eigenvalue weighted by Crippen LogP contribution is -2.33. The highest BCUT2D eigenvalue weighted by Crippen LogP contribution is 2.44. The van der Waals surface area contributed by atoms with Crippen LogP contribution in [-0.2, 0) is 10.2 Å². The Morgan fingerprint density at radius 3 is 2.37 bits per heavy atom. The van der Waals surface area contributed by atoms with Crippen LogP contribution in [0.15, 0.2) is 18.2 Å². The van der Waals surface area contributed by atoms with Gasteiger partial charge in [-0.05, 0) is 30.5 Å². The first-order valence-corrected chi connectivity index (χ1v) is 8.02. The molecule has 0 N–H and O–H groups in total. The summed E-state index contributed by atoms with van der Waals surface area (Å²) in [5.74, 6) is 1.74. The Morgan fingerprint density at radius 2 is 1.84 bits per heavy atom. The first-order chi connectivity index (χ1) is 9.17. The van der Waals surface area contributed by atoms with Crippen molar-refractivity contribution < 1.29 is 14.3 Å². The Morgan fingerprint density at radius 1 is 1.21 bits per heavy atom. The van der Waals surface area contributed by atoms with E-state index in [1.165, 1.54) is 0 Å². The molecule has 0 unspecified atom stereocenters. The van der Waals surface area contributed by atoms with Crippen molar-refractivity contribution in [2.45, 2.75) is 31.1 Å². The molecule has 1 aromatic rings. The zero-order valence-electron chi connectivity index (χ0n) is 11.4. The minimum atomic E-state index is -0.305. The molecule has 0 aliphatic heterocycles. The predicted molar refractivity (Wildman–Crippen MR) is 83.6 cm³/mol. The van der Waals surface area contributed by atoms with E-state index in [9.17, 15) is 4.79 Å². The third-order valence-electron chi connectivity index (χ3n) is 4.05. The molecule has 0 atom stereocenters. The van der Waals surface area contributed by atoms with Crippen LogP contribution < -0.4 is 9.47 Å². The summed E-state index contributed by atoms with van der Waals surface area (Å²) in [4.78, 5) is 12.4. The average Bonchev–Trinajstić information content (AvgIpc) is 2.96. The maximum Gasteiger partial charge on any atom is 0.161 e. The zero-order valence-corrected chi connectivity index (χ0v) is 13.5. The maximum atomic E-state index is 12.4. The third-order valence-corrected chi connectivity index (χ3v) is 4.74. The second-order valence-corrected chi connectivity index (χ2v) is 5.68. The second-order valence-electron chi connectivity index (χ2n) is 4.92. The van der Waals surface area contributed by atoms with E-state index in [1.807, 2.05) is 18.2 Å². The molecule has 0 heterocycles. The molecule has 0 amide bonds. The monoisotopic (exact) mass is 374 g/mol. The number of rotatable bonds is 5. The number of ether oxygens (including phenoxy) is 2. The fourth-order valence-electron chi connectivity index (χ4n) is 2.97. The van der Waals surface area contributed by atoms with Crippen LogP contribution in [0.25, 0.3) is 0 Å². The van der Waals surface area contributed by atoms with Gasteiger partial charge in [-0.2, -0.15) is 0 Å². The highest BCUT2D eigenvalue weighted by Gasteiger charge is 2.41. The van der Waals surface area contributed by atoms with Crippen molar-refractivity contribution in [2.75, 3.05) is 18.6 Å². The molecule has 1 fully saturated rings. The summed E-state index contributed by atoms with van der Waals surface area (Å²) in [7, 11) is 3.25. The van der Waals surface area contributed by atoms with Crippen molar-refractivity contribution >= 4 is 28.4 Å². The van der Waals surface area contributed by atoms with Gasteiger partial charge < -0.3 is 9.47 Å². The van der Waals surface area contributed by atoms with Gasteiger partial charge in [-0.3, -0.25) is 4.79 Å². The highest BCUT2D eigenvalue weighted by molar-refractivity contribution is 14.1. The van der Waals surface area contributed by atoms with Crippen LogP contribution in [0.1, 0.15) is 31.2 Å². The normalized spacial score (nSPS) is 17.2. The van der Waals surface area contributed by atoms with E-state index in [2.05, 4.69) is 22.6 Å². The molecule has 2 rings (SSSR count). The van der Waals surface area contributed by atoms with Gasteiger partial charge in [0.2, 0.25) is 0 Å². The Hall–Kier alpha value is -0.780. The van der Waals surface area contributed by atoms with Crippen LogP contribution in [0.2, 0.25) is 0 Å². The summed E-state index contributed by atoms with van der Waals surface area (Å²) >= 11 is 2.17. The van der Waals surface area contributed by atoms with Crippen molar-refractivity contribution in [3.8, 4) is 11.5 Å². The lowest BCUT2D eigenvalue weighted by molar-refractivity contribution is -0.121. The number of halogens is 1. The number of Topliss-reactive ketones (excluding diaryl/α,β-unsaturated/α-hetero) is 1. The van der Waals surface area contributed by atoms with E-state index in [0.29, 0.717) is 21.7 Å². The minimum absolute atomic E-state index is 0.305. The quantitative estimate of drug-likeness (QED) is 0.585. The summed E-state index contributed by atoms with van der Waals surface area (Å²) in [5.41, 5.74) is 0.769. The molecule has 0 spiro atoms. The smallest absolute Gasteiger partial charge is 0.161 e. The van der Waals surface area contributed by atoms with Crippen molar-refractivity contribution in [1.82, 2.24) is 0 Å². The van der Waals surface area contributed by atoms with Crippen LogP contribution in [0.4, 0.5) is 0 Å². The molecule has 0 radical (unpaired) electrons. The third kappa shape index (κ3) is 2.59. The SMILES string of the molecule is COc1ccc(C2(C(=O)CI)CCCC2)cc1OC. The first kappa shape index (κ1) is 14.6. The maximum absolute atomic E-state index is 12.4. The van der Waals surface area contributed by atoms with Gasteiger partial charge >= 0.3 is 0 Å². The molecule has 1 aliphatic carbocycles. The zero-order chi connectivity index (χ0) is 13.9. The van der Waals surface area contributed by atoms with Gasteiger partial charge in [0.1, 0.15) is 0 Å². The van der Waals surface area contributed by atoms with Crippen LogP contribution in [-0.4, -0.2) is 24.4 Å². The second kappa shape index (κ2) is 6.11. The summed E-state index contributed by atoms with van der Waals surface area (Å²) < 4.78 is 11.2. The molecule has 0 bridgehead atoms. The first-order valence-electron chi connectivity index (χ1n) is 6.49.